The fourth-order valence-corrected chi connectivity index (χ4v) is 3.74. The lowest BCUT2D eigenvalue weighted by Crippen LogP contribution is -2.46. The maximum absolute atomic E-state index is 13.6. The molecular weight excluding hydrogens is 312 g/mol. The highest BCUT2D eigenvalue weighted by molar-refractivity contribution is 7.89. The van der Waals surface area contributed by atoms with Crippen LogP contribution in [-0.2, 0) is 10.0 Å². The van der Waals surface area contributed by atoms with Gasteiger partial charge in [-0.05, 0) is 26.3 Å². The summed E-state index contributed by atoms with van der Waals surface area (Å²) in [6.07, 6.45) is 0.810. The fraction of sp³-hybridized carbons (Fsp3) is 0.500. The van der Waals surface area contributed by atoms with Crippen molar-refractivity contribution in [2.75, 3.05) is 6.54 Å². The number of hydrogen-bond acceptors (Lipinski definition) is 3. The largest absolute Gasteiger partial charge is 0.314 e. The van der Waals surface area contributed by atoms with Crippen LogP contribution in [0.5, 0.6) is 0 Å². The number of benzene rings is 1. The summed E-state index contributed by atoms with van der Waals surface area (Å²) < 4.78 is 79.4. The van der Waals surface area contributed by atoms with Crippen molar-refractivity contribution in [3.8, 4) is 0 Å². The van der Waals surface area contributed by atoms with Gasteiger partial charge in [-0.1, -0.05) is 0 Å². The van der Waals surface area contributed by atoms with Gasteiger partial charge in [-0.2, -0.15) is 0 Å². The molecule has 1 aromatic rings. The van der Waals surface area contributed by atoms with Gasteiger partial charge < -0.3 is 5.32 Å². The molecule has 0 radical (unpaired) electrons. The average molecular weight is 326 g/mol. The standard InChI is InChI=1S/C12H14F4N2O2S/c1-6-4-7(2-3-17-6)18-21(19,20)12-10(15)8(13)5-9(14)11(12)16/h5-7,17-18H,2-4H2,1H3. The maximum atomic E-state index is 13.6. The van der Waals surface area contributed by atoms with E-state index in [1.54, 1.807) is 0 Å². The summed E-state index contributed by atoms with van der Waals surface area (Å²) in [6, 6.07) is -0.571. The van der Waals surface area contributed by atoms with Crippen LogP contribution in [0.4, 0.5) is 17.6 Å². The third kappa shape index (κ3) is 3.35. The van der Waals surface area contributed by atoms with Crippen molar-refractivity contribution in [2.24, 2.45) is 0 Å². The molecule has 1 aliphatic heterocycles. The summed E-state index contributed by atoms with van der Waals surface area (Å²) in [5.74, 6) is -7.37. The van der Waals surface area contributed by atoms with E-state index in [1.807, 2.05) is 6.92 Å². The molecule has 0 aromatic heterocycles. The van der Waals surface area contributed by atoms with Crippen LogP contribution in [0.2, 0.25) is 0 Å². The highest BCUT2D eigenvalue weighted by atomic mass is 32.2. The van der Waals surface area contributed by atoms with E-state index in [4.69, 9.17) is 0 Å². The van der Waals surface area contributed by atoms with Crippen molar-refractivity contribution in [2.45, 2.75) is 36.7 Å². The molecule has 2 atom stereocenters. The van der Waals surface area contributed by atoms with Gasteiger partial charge in [0.05, 0.1) is 0 Å². The second-order valence-electron chi connectivity index (χ2n) is 5.00. The molecule has 2 unspecified atom stereocenters. The van der Waals surface area contributed by atoms with Crippen molar-refractivity contribution >= 4 is 10.0 Å². The topological polar surface area (TPSA) is 58.2 Å². The fourth-order valence-electron chi connectivity index (χ4n) is 2.30. The molecule has 0 bridgehead atoms. The van der Waals surface area contributed by atoms with Gasteiger partial charge in [0.25, 0.3) is 0 Å². The molecule has 1 aliphatic rings. The summed E-state index contributed by atoms with van der Waals surface area (Å²) in [4.78, 5) is -1.62. The first-order valence-corrected chi connectivity index (χ1v) is 7.79. The summed E-state index contributed by atoms with van der Waals surface area (Å²) in [5, 5.41) is 3.08. The van der Waals surface area contributed by atoms with Crippen molar-refractivity contribution in [1.82, 2.24) is 10.0 Å². The first-order valence-electron chi connectivity index (χ1n) is 6.31. The molecule has 1 fully saturated rings. The Labute approximate surface area is 119 Å². The summed E-state index contributed by atoms with van der Waals surface area (Å²) in [5.41, 5.74) is 0. The van der Waals surface area contributed by atoms with Gasteiger partial charge >= 0.3 is 0 Å². The van der Waals surface area contributed by atoms with Gasteiger partial charge in [-0.15, -0.1) is 0 Å². The number of halogens is 4. The van der Waals surface area contributed by atoms with E-state index >= 15 is 0 Å². The Morgan fingerprint density at radius 1 is 1.19 bits per heavy atom. The molecule has 0 aliphatic carbocycles. The molecule has 1 heterocycles. The predicted molar refractivity (Wildman–Crippen MR) is 67.1 cm³/mol. The van der Waals surface area contributed by atoms with E-state index in [0.29, 0.717) is 19.4 Å². The highest BCUT2D eigenvalue weighted by Gasteiger charge is 2.32. The smallest absolute Gasteiger partial charge is 0.246 e. The monoisotopic (exact) mass is 326 g/mol. The minimum Gasteiger partial charge on any atom is -0.314 e. The third-order valence-corrected chi connectivity index (χ3v) is 4.83. The molecule has 0 saturated carbocycles. The molecule has 118 valence electrons. The Morgan fingerprint density at radius 3 is 2.29 bits per heavy atom. The number of sulfonamides is 1. The number of rotatable bonds is 3. The van der Waals surface area contributed by atoms with Crippen LogP contribution in [0.15, 0.2) is 11.0 Å². The highest BCUT2D eigenvalue weighted by Crippen LogP contribution is 2.24. The van der Waals surface area contributed by atoms with E-state index in [1.165, 1.54) is 0 Å². The zero-order valence-electron chi connectivity index (χ0n) is 11.1. The predicted octanol–water partition coefficient (Wildman–Crippen LogP) is 1.66. The van der Waals surface area contributed by atoms with Crippen molar-refractivity contribution < 1.29 is 26.0 Å². The second kappa shape index (κ2) is 5.90. The molecule has 1 aromatic carbocycles. The zero-order valence-corrected chi connectivity index (χ0v) is 11.9. The molecule has 0 spiro atoms. The first-order chi connectivity index (χ1) is 9.72. The second-order valence-corrected chi connectivity index (χ2v) is 6.65. The zero-order chi connectivity index (χ0) is 15.8. The van der Waals surface area contributed by atoms with Gasteiger partial charge in [0.15, 0.2) is 28.2 Å². The summed E-state index contributed by atoms with van der Waals surface area (Å²) >= 11 is 0. The van der Waals surface area contributed by atoms with Gasteiger partial charge in [-0.25, -0.2) is 30.7 Å². The van der Waals surface area contributed by atoms with Crippen LogP contribution >= 0.6 is 0 Å². The third-order valence-electron chi connectivity index (χ3n) is 3.29. The van der Waals surface area contributed by atoms with Crippen LogP contribution < -0.4 is 10.0 Å². The Morgan fingerprint density at radius 2 is 1.76 bits per heavy atom. The lowest BCUT2D eigenvalue weighted by molar-refractivity contribution is 0.359. The lowest BCUT2D eigenvalue weighted by atomic mass is 10.0. The Kier molecular flexibility index (Phi) is 4.54. The quantitative estimate of drug-likeness (QED) is 0.656. The van der Waals surface area contributed by atoms with E-state index < -0.39 is 44.2 Å². The number of nitrogens with one attached hydrogen (secondary N) is 2. The Balaban J connectivity index is 2.36. The normalized spacial score (nSPS) is 23.3. The van der Waals surface area contributed by atoms with Crippen molar-refractivity contribution in [3.05, 3.63) is 29.3 Å². The van der Waals surface area contributed by atoms with Gasteiger partial charge in [-0.3, -0.25) is 0 Å². The lowest BCUT2D eigenvalue weighted by Gasteiger charge is -2.28. The molecule has 2 N–H and O–H groups in total. The van der Waals surface area contributed by atoms with Crippen LogP contribution in [0.1, 0.15) is 19.8 Å². The molecule has 4 nitrogen and oxygen atoms in total. The Hall–Kier alpha value is -1.19. The van der Waals surface area contributed by atoms with Crippen molar-refractivity contribution in [3.63, 3.8) is 0 Å². The van der Waals surface area contributed by atoms with Gasteiger partial charge in [0, 0.05) is 18.2 Å². The number of hydrogen-bond donors (Lipinski definition) is 2. The first kappa shape index (κ1) is 16.2. The molecular formula is C12H14F4N2O2S. The van der Waals surface area contributed by atoms with E-state index in [0.717, 1.165) is 0 Å². The van der Waals surface area contributed by atoms with Crippen LogP contribution in [0.3, 0.4) is 0 Å². The molecule has 1 saturated heterocycles. The molecule has 9 heteroatoms. The number of piperidine rings is 1. The molecule has 2 rings (SSSR count). The summed E-state index contributed by atoms with van der Waals surface area (Å²) in [7, 11) is -4.70. The van der Waals surface area contributed by atoms with E-state index in [2.05, 4.69) is 10.0 Å². The molecule has 21 heavy (non-hydrogen) atoms. The van der Waals surface area contributed by atoms with Crippen molar-refractivity contribution in [1.29, 1.82) is 0 Å². The van der Waals surface area contributed by atoms with Crippen LogP contribution in [-0.4, -0.2) is 27.0 Å². The average Bonchev–Trinajstić information content (AvgIpc) is 2.35. The summed E-state index contributed by atoms with van der Waals surface area (Å²) in [6.45, 7) is 2.35. The minimum absolute atomic E-state index is 0.0189. The van der Waals surface area contributed by atoms with Gasteiger partial charge in [0.1, 0.15) is 0 Å². The van der Waals surface area contributed by atoms with E-state index in [9.17, 15) is 26.0 Å². The van der Waals surface area contributed by atoms with E-state index in [-0.39, 0.29) is 12.1 Å². The van der Waals surface area contributed by atoms with Gasteiger partial charge in [0.2, 0.25) is 10.0 Å². The van der Waals surface area contributed by atoms with Crippen LogP contribution in [0, 0.1) is 23.3 Å². The maximum Gasteiger partial charge on any atom is 0.246 e. The molecule has 0 amide bonds. The SMILES string of the molecule is CC1CC(NS(=O)(=O)c2c(F)c(F)cc(F)c2F)CCN1. The Bertz CT molecular complexity index is 625. The van der Waals surface area contributed by atoms with Crippen LogP contribution in [0.25, 0.3) is 0 Å². The minimum atomic E-state index is -4.70.